The van der Waals surface area contributed by atoms with Crippen molar-refractivity contribution in [3.8, 4) is 5.88 Å². The largest absolute Gasteiger partial charge is 0.494 e. The van der Waals surface area contributed by atoms with Gasteiger partial charge in [-0.25, -0.2) is 4.79 Å². The molecule has 0 bridgehead atoms. The van der Waals surface area contributed by atoms with Crippen LogP contribution in [0.3, 0.4) is 0 Å². The summed E-state index contributed by atoms with van der Waals surface area (Å²) in [4.78, 5) is 35.1. The normalized spacial score (nSPS) is 10.0. The Morgan fingerprint density at radius 2 is 2.13 bits per heavy atom. The van der Waals surface area contributed by atoms with Crippen LogP contribution >= 0.6 is 0 Å². The number of rotatable bonds is 2. The van der Waals surface area contributed by atoms with E-state index in [1.807, 2.05) is 4.98 Å². The van der Waals surface area contributed by atoms with E-state index < -0.39 is 29.6 Å². The van der Waals surface area contributed by atoms with Crippen molar-refractivity contribution >= 4 is 5.97 Å². The van der Waals surface area contributed by atoms with Gasteiger partial charge in [0.2, 0.25) is 5.88 Å². The fraction of sp³-hybridized carbons (Fsp3) is 0.375. The van der Waals surface area contributed by atoms with Crippen LogP contribution in [-0.2, 0) is 16.1 Å². The number of aromatic nitrogens is 2. The van der Waals surface area contributed by atoms with Crippen molar-refractivity contribution in [3.05, 3.63) is 26.4 Å². The lowest BCUT2D eigenvalue weighted by atomic mass is 10.3. The number of H-pyrrole nitrogens is 1. The number of esters is 1. The maximum absolute atomic E-state index is 11.2. The standard InChI is InChI=1S/C8H10N2O5/c1-4-6(12)9-8(14)10(7(4)13)3-5(11)15-2/h13H,3H2,1-2H3,(H,9,12,14). The maximum Gasteiger partial charge on any atom is 0.331 e. The Balaban J connectivity index is 3.31. The van der Waals surface area contributed by atoms with Gasteiger partial charge in [0.05, 0.1) is 12.7 Å². The third kappa shape index (κ3) is 2.06. The van der Waals surface area contributed by atoms with Crippen molar-refractivity contribution in [1.29, 1.82) is 0 Å². The van der Waals surface area contributed by atoms with Crippen LogP contribution in [0.5, 0.6) is 5.88 Å². The first kappa shape index (κ1) is 11.0. The first-order chi connectivity index (χ1) is 6.97. The van der Waals surface area contributed by atoms with Crippen LogP contribution in [0.25, 0.3) is 0 Å². The lowest BCUT2D eigenvalue weighted by molar-refractivity contribution is -0.141. The third-order valence-corrected chi connectivity index (χ3v) is 1.91. The first-order valence-corrected chi connectivity index (χ1v) is 4.07. The molecule has 1 rings (SSSR count). The summed E-state index contributed by atoms with van der Waals surface area (Å²) < 4.78 is 5.06. The predicted molar refractivity (Wildman–Crippen MR) is 49.7 cm³/mol. The summed E-state index contributed by atoms with van der Waals surface area (Å²) in [6.07, 6.45) is 0. The Kier molecular flexibility index (Phi) is 2.93. The van der Waals surface area contributed by atoms with Crippen molar-refractivity contribution in [1.82, 2.24) is 9.55 Å². The second kappa shape index (κ2) is 3.99. The van der Waals surface area contributed by atoms with Gasteiger partial charge in [-0.3, -0.25) is 19.1 Å². The van der Waals surface area contributed by atoms with Gasteiger partial charge in [-0.2, -0.15) is 0 Å². The minimum absolute atomic E-state index is 0.0292. The minimum Gasteiger partial charge on any atom is -0.494 e. The average Bonchev–Trinajstić information content (AvgIpc) is 2.21. The fourth-order valence-electron chi connectivity index (χ4n) is 0.999. The second-order valence-corrected chi connectivity index (χ2v) is 2.87. The fourth-order valence-corrected chi connectivity index (χ4v) is 0.999. The highest BCUT2D eigenvalue weighted by Gasteiger charge is 2.13. The quantitative estimate of drug-likeness (QED) is 0.597. The molecular formula is C8H10N2O5. The molecule has 0 fully saturated rings. The number of carbonyl (C=O) groups is 1. The van der Waals surface area contributed by atoms with Crippen molar-refractivity contribution in [2.45, 2.75) is 13.5 Å². The third-order valence-electron chi connectivity index (χ3n) is 1.91. The molecule has 0 saturated carbocycles. The van der Waals surface area contributed by atoms with E-state index in [-0.39, 0.29) is 5.56 Å². The lowest BCUT2D eigenvalue weighted by Gasteiger charge is -2.07. The maximum atomic E-state index is 11.2. The van der Waals surface area contributed by atoms with E-state index >= 15 is 0 Å². The molecule has 0 atom stereocenters. The number of nitrogens with zero attached hydrogens (tertiary/aromatic N) is 1. The Hall–Kier alpha value is -2.05. The molecule has 15 heavy (non-hydrogen) atoms. The van der Waals surface area contributed by atoms with Crippen LogP contribution in [0.2, 0.25) is 0 Å². The molecule has 0 radical (unpaired) electrons. The zero-order chi connectivity index (χ0) is 11.6. The Bertz CT molecular complexity index is 499. The van der Waals surface area contributed by atoms with Gasteiger partial charge in [0.1, 0.15) is 6.54 Å². The van der Waals surface area contributed by atoms with Crippen LogP contribution in [0, 0.1) is 6.92 Å². The van der Waals surface area contributed by atoms with Gasteiger partial charge in [0.25, 0.3) is 5.56 Å². The van der Waals surface area contributed by atoms with Crippen LogP contribution < -0.4 is 11.2 Å². The summed E-state index contributed by atoms with van der Waals surface area (Å²) in [5, 5.41) is 9.44. The van der Waals surface area contributed by atoms with E-state index in [4.69, 9.17) is 0 Å². The molecule has 0 aliphatic heterocycles. The predicted octanol–water partition coefficient (Wildman–Crippen LogP) is -1.28. The molecule has 0 unspecified atom stereocenters. The molecule has 1 heterocycles. The highest BCUT2D eigenvalue weighted by molar-refractivity contribution is 5.69. The molecule has 0 amide bonds. The molecule has 0 aromatic carbocycles. The van der Waals surface area contributed by atoms with Crippen LogP contribution in [0.4, 0.5) is 0 Å². The molecule has 82 valence electrons. The van der Waals surface area contributed by atoms with Crippen LogP contribution in [0.1, 0.15) is 5.56 Å². The number of nitrogens with one attached hydrogen (secondary N) is 1. The zero-order valence-corrected chi connectivity index (χ0v) is 8.23. The minimum atomic E-state index is -0.853. The lowest BCUT2D eigenvalue weighted by Crippen LogP contribution is -2.33. The van der Waals surface area contributed by atoms with E-state index in [0.29, 0.717) is 0 Å². The molecule has 2 N–H and O–H groups in total. The summed E-state index contributed by atoms with van der Waals surface area (Å²) in [6, 6.07) is 0. The van der Waals surface area contributed by atoms with Gasteiger partial charge >= 0.3 is 11.7 Å². The number of hydrogen-bond donors (Lipinski definition) is 2. The van der Waals surface area contributed by atoms with Crippen molar-refractivity contribution < 1.29 is 14.6 Å². The van der Waals surface area contributed by atoms with E-state index in [1.165, 1.54) is 6.92 Å². The number of aromatic amines is 1. The summed E-state index contributed by atoms with van der Waals surface area (Å²) >= 11 is 0. The van der Waals surface area contributed by atoms with Crippen molar-refractivity contribution in [2.24, 2.45) is 0 Å². The Morgan fingerprint density at radius 3 is 2.67 bits per heavy atom. The molecule has 0 spiro atoms. The zero-order valence-electron chi connectivity index (χ0n) is 8.23. The molecule has 0 aliphatic rings. The summed E-state index contributed by atoms with van der Waals surface area (Å²) in [5.41, 5.74) is -1.56. The summed E-state index contributed by atoms with van der Waals surface area (Å²) in [5.74, 6) is -1.23. The number of ether oxygens (including phenoxy) is 1. The molecule has 0 saturated heterocycles. The summed E-state index contributed by atoms with van der Waals surface area (Å²) in [6.45, 7) is 0.889. The monoisotopic (exact) mass is 214 g/mol. The molecule has 1 aromatic heterocycles. The first-order valence-electron chi connectivity index (χ1n) is 4.07. The van der Waals surface area contributed by atoms with Crippen LogP contribution in [0.15, 0.2) is 9.59 Å². The van der Waals surface area contributed by atoms with Crippen molar-refractivity contribution in [2.75, 3.05) is 7.11 Å². The van der Waals surface area contributed by atoms with E-state index in [1.54, 1.807) is 0 Å². The molecule has 7 nitrogen and oxygen atoms in total. The molecule has 1 aromatic rings. The van der Waals surface area contributed by atoms with Gasteiger partial charge in [-0.15, -0.1) is 0 Å². The van der Waals surface area contributed by atoms with Gasteiger partial charge in [0, 0.05) is 0 Å². The van der Waals surface area contributed by atoms with E-state index in [0.717, 1.165) is 11.7 Å². The van der Waals surface area contributed by atoms with Gasteiger partial charge in [0.15, 0.2) is 0 Å². The van der Waals surface area contributed by atoms with Gasteiger partial charge < -0.3 is 9.84 Å². The van der Waals surface area contributed by atoms with Gasteiger partial charge in [-0.1, -0.05) is 0 Å². The molecular weight excluding hydrogens is 204 g/mol. The van der Waals surface area contributed by atoms with Crippen LogP contribution in [-0.4, -0.2) is 27.7 Å². The molecule has 7 heteroatoms. The Morgan fingerprint density at radius 1 is 1.53 bits per heavy atom. The number of aromatic hydroxyl groups is 1. The topological polar surface area (TPSA) is 101 Å². The van der Waals surface area contributed by atoms with E-state index in [9.17, 15) is 19.5 Å². The highest BCUT2D eigenvalue weighted by Crippen LogP contribution is 2.07. The number of carbonyl (C=O) groups excluding carboxylic acids is 1. The van der Waals surface area contributed by atoms with E-state index in [2.05, 4.69) is 4.74 Å². The average molecular weight is 214 g/mol. The molecule has 0 aliphatic carbocycles. The highest BCUT2D eigenvalue weighted by atomic mass is 16.5. The second-order valence-electron chi connectivity index (χ2n) is 2.87. The Labute approximate surface area is 83.9 Å². The number of hydrogen-bond acceptors (Lipinski definition) is 5. The summed E-state index contributed by atoms with van der Waals surface area (Å²) in [7, 11) is 1.16. The SMILES string of the molecule is COC(=O)Cn1c(O)c(C)c(=O)[nH]c1=O. The van der Waals surface area contributed by atoms with Crippen molar-refractivity contribution in [3.63, 3.8) is 0 Å². The van der Waals surface area contributed by atoms with Gasteiger partial charge in [-0.05, 0) is 6.92 Å². The smallest absolute Gasteiger partial charge is 0.331 e. The number of methoxy groups -OCH3 is 1.